The predicted octanol–water partition coefficient (Wildman–Crippen LogP) is 4.14. The Balaban J connectivity index is 1.63. The molecule has 0 saturated heterocycles. The van der Waals surface area contributed by atoms with Crippen molar-refractivity contribution in [1.29, 1.82) is 0 Å². The van der Waals surface area contributed by atoms with Crippen LogP contribution in [0.5, 0.6) is 0 Å². The summed E-state index contributed by atoms with van der Waals surface area (Å²) in [5.41, 5.74) is 0.694. The van der Waals surface area contributed by atoms with Gasteiger partial charge in [-0.1, -0.05) is 54.1 Å². The van der Waals surface area contributed by atoms with Gasteiger partial charge in [0.2, 0.25) is 0 Å². The van der Waals surface area contributed by atoms with E-state index in [2.05, 4.69) is 10.2 Å². The minimum Gasteiger partial charge on any atom is -0.282 e. The molecule has 5 rings (SSSR count). The van der Waals surface area contributed by atoms with E-state index in [1.165, 1.54) is 60.7 Å². The van der Waals surface area contributed by atoms with Crippen molar-refractivity contribution in [2.24, 2.45) is 0 Å². The van der Waals surface area contributed by atoms with Gasteiger partial charge in [0.15, 0.2) is 0 Å². The van der Waals surface area contributed by atoms with Gasteiger partial charge >= 0.3 is 0 Å². The molecule has 5 aromatic rings. The first-order chi connectivity index (χ1) is 18.6. The van der Waals surface area contributed by atoms with Gasteiger partial charge < -0.3 is 0 Å². The van der Waals surface area contributed by atoms with E-state index < -0.39 is 40.1 Å². The van der Waals surface area contributed by atoms with Crippen LogP contribution in [0.2, 0.25) is 5.02 Å². The quantitative estimate of drug-likeness (QED) is 0.182. The molecule has 40 heavy (non-hydrogen) atoms. The first-order valence-corrected chi connectivity index (χ1v) is 15.7. The summed E-state index contributed by atoms with van der Waals surface area (Å²) in [6.07, 6.45) is 2.45. The number of aromatic nitrogens is 3. The lowest BCUT2D eigenvalue weighted by atomic mass is 10.1. The molecule has 0 atom stereocenters. The lowest BCUT2D eigenvalue weighted by Crippen LogP contribution is -2.05. The van der Waals surface area contributed by atoms with Gasteiger partial charge in [-0.25, -0.2) is 0 Å². The number of halogens is 1. The van der Waals surface area contributed by atoms with Gasteiger partial charge in [-0.05, 0) is 47.5 Å². The molecule has 12 nitrogen and oxygen atoms in total. The summed E-state index contributed by atoms with van der Waals surface area (Å²) < 4.78 is 100. The number of fused-ring (bicyclic) bond motifs is 3. The molecule has 0 saturated carbocycles. The third-order valence-corrected chi connectivity index (χ3v) is 8.81. The molecule has 0 radical (unpaired) electrons. The third kappa shape index (κ3) is 5.35. The average Bonchev–Trinajstić information content (AvgIpc) is 3.31. The van der Waals surface area contributed by atoms with Gasteiger partial charge in [0.05, 0.1) is 5.69 Å². The van der Waals surface area contributed by atoms with E-state index in [1.54, 1.807) is 6.07 Å². The Morgan fingerprint density at radius 3 is 1.88 bits per heavy atom. The number of nitrogens with zero attached hydrogens (tertiary/aromatic N) is 3. The van der Waals surface area contributed by atoms with Crippen molar-refractivity contribution in [2.45, 2.75) is 14.7 Å². The highest BCUT2D eigenvalue weighted by atomic mass is 35.5. The van der Waals surface area contributed by atoms with Crippen LogP contribution in [0.1, 0.15) is 11.1 Å². The van der Waals surface area contributed by atoms with Crippen molar-refractivity contribution in [1.82, 2.24) is 15.0 Å². The van der Waals surface area contributed by atoms with Crippen LogP contribution < -0.4 is 0 Å². The summed E-state index contributed by atoms with van der Waals surface area (Å²) in [5, 5.41) is 9.29. The maximum atomic E-state index is 12.2. The third-order valence-electron chi connectivity index (χ3n) is 5.85. The molecule has 3 N–H and O–H groups in total. The van der Waals surface area contributed by atoms with Crippen molar-refractivity contribution in [2.75, 3.05) is 0 Å². The van der Waals surface area contributed by atoms with Crippen molar-refractivity contribution in [3.05, 3.63) is 82.9 Å². The fourth-order valence-corrected chi connectivity index (χ4v) is 6.46. The number of hydrogen-bond acceptors (Lipinski definition) is 8. The van der Waals surface area contributed by atoms with Crippen LogP contribution in [0.25, 0.3) is 39.6 Å². The maximum absolute atomic E-state index is 12.2. The van der Waals surface area contributed by atoms with Gasteiger partial charge in [0.1, 0.15) is 25.7 Å². The van der Waals surface area contributed by atoms with Crippen molar-refractivity contribution < 1.29 is 38.9 Å². The Morgan fingerprint density at radius 1 is 0.650 bits per heavy atom. The Bertz CT molecular complexity index is 2210. The topological polar surface area (TPSA) is 194 Å². The highest BCUT2D eigenvalue weighted by Crippen LogP contribution is 2.30. The van der Waals surface area contributed by atoms with E-state index in [9.17, 15) is 38.9 Å². The molecule has 1 aromatic heterocycles. The first-order valence-electron chi connectivity index (χ1n) is 11.0. The Kier molecular flexibility index (Phi) is 6.78. The SMILES string of the molecule is O=S(=O)(O)c1cc(Cl)ccc1C=Cc1ccc(-n2nc3ccc4c(S(=O)(=O)O)cccc4c3n2)cc1S(=O)(=O)O. The molecule has 0 bridgehead atoms. The lowest BCUT2D eigenvalue weighted by molar-refractivity contribution is 0.480. The summed E-state index contributed by atoms with van der Waals surface area (Å²) in [7, 11) is -14.0. The van der Waals surface area contributed by atoms with E-state index >= 15 is 0 Å². The number of benzene rings is 4. The predicted molar refractivity (Wildman–Crippen MR) is 146 cm³/mol. The second-order valence-electron chi connectivity index (χ2n) is 8.44. The van der Waals surface area contributed by atoms with Crippen molar-refractivity contribution >= 4 is 75.9 Å². The van der Waals surface area contributed by atoms with E-state index in [1.807, 2.05) is 0 Å². The molecule has 16 heteroatoms. The highest BCUT2D eigenvalue weighted by molar-refractivity contribution is 7.86. The Labute approximate surface area is 232 Å². The van der Waals surface area contributed by atoms with E-state index in [0.29, 0.717) is 10.9 Å². The van der Waals surface area contributed by atoms with Gasteiger partial charge in [0.25, 0.3) is 30.4 Å². The second kappa shape index (κ2) is 9.74. The molecule has 0 aliphatic carbocycles. The Hall–Kier alpha value is -3.70. The second-order valence-corrected chi connectivity index (χ2v) is 13.0. The maximum Gasteiger partial charge on any atom is 0.295 e. The van der Waals surface area contributed by atoms with Crippen LogP contribution in [-0.4, -0.2) is 53.9 Å². The van der Waals surface area contributed by atoms with Gasteiger partial charge in [0, 0.05) is 15.8 Å². The van der Waals surface area contributed by atoms with Crippen molar-refractivity contribution in [3.63, 3.8) is 0 Å². The fraction of sp³-hybridized carbons (Fsp3) is 0. The molecular formula is C24H16ClN3O9S3. The van der Waals surface area contributed by atoms with Gasteiger partial charge in [-0.15, -0.1) is 10.2 Å². The lowest BCUT2D eigenvalue weighted by Gasteiger charge is -2.07. The zero-order valence-corrected chi connectivity index (χ0v) is 22.9. The molecule has 0 spiro atoms. The average molecular weight is 622 g/mol. The summed E-state index contributed by atoms with van der Waals surface area (Å²) in [5.74, 6) is 0. The smallest absolute Gasteiger partial charge is 0.282 e. The standard InChI is InChI=1S/C24H16ClN3O9S3/c25-16-8-6-14(22(12-16)39(32,33)34)4-5-15-7-9-17(13-23(15)40(35,36)37)28-26-20-11-10-18-19(24(20)27-28)2-1-3-21(18)38(29,30)31/h1-13H,(H,29,30,31)(H,32,33,34)(H,35,36,37). The summed E-state index contributed by atoms with van der Waals surface area (Å²) in [6.45, 7) is 0. The van der Waals surface area contributed by atoms with Crippen LogP contribution in [0.15, 0.2) is 81.4 Å². The van der Waals surface area contributed by atoms with E-state index in [-0.39, 0.29) is 37.6 Å². The zero-order valence-electron chi connectivity index (χ0n) is 19.7. The summed E-state index contributed by atoms with van der Waals surface area (Å²) >= 11 is 5.83. The molecule has 0 amide bonds. The van der Waals surface area contributed by atoms with Crippen LogP contribution in [0, 0.1) is 0 Å². The first kappa shape index (κ1) is 27.9. The molecule has 206 valence electrons. The molecule has 0 aliphatic heterocycles. The molecule has 1 heterocycles. The minimum atomic E-state index is -4.80. The number of hydrogen-bond donors (Lipinski definition) is 3. The molecule has 0 fully saturated rings. The van der Waals surface area contributed by atoms with Crippen LogP contribution >= 0.6 is 11.6 Å². The van der Waals surface area contributed by atoms with E-state index in [4.69, 9.17) is 11.6 Å². The van der Waals surface area contributed by atoms with Crippen LogP contribution in [-0.2, 0) is 30.4 Å². The van der Waals surface area contributed by atoms with Crippen LogP contribution in [0.4, 0.5) is 0 Å². The van der Waals surface area contributed by atoms with E-state index in [0.717, 1.165) is 16.9 Å². The minimum absolute atomic E-state index is 0.00778. The fourth-order valence-electron chi connectivity index (χ4n) is 4.10. The largest absolute Gasteiger partial charge is 0.295 e. The zero-order chi connectivity index (χ0) is 29.0. The molecule has 0 aliphatic rings. The molecule has 4 aromatic carbocycles. The highest BCUT2D eigenvalue weighted by Gasteiger charge is 2.20. The summed E-state index contributed by atoms with van der Waals surface area (Å²) in [4.78, 5) is -0.284. The normalized spacial score (nSPS) is 13.0. The molecule has 0 unspecified atom stereocenters. The van der Waals surface area contributed by atoms with Gasteiger partial charge in [-0.3, -0.25) is 13.7 Å². The summed E-state index contributed by atoms with van der Waals surface area (Å²) in [6, 6.07) is 14.7. The van der Waals surface area contributed by atoms with Crippen molar-refractivity contribution in [3.8, 4) is 5.69 Å². The molecular weight excluding hydrogens is 606 g/mol. The monoisotopic (exact) mass is 621 g/mol. The van der Waals surface area contributed by atoms with Gasteiger partial charge in [-0.2, -0.15) is 30.0 Å². The Morgan fingerprint density at radius 2 is 1.25 bits per heavy atom. The number of rotatable bonds is 6. The van der Waals surface area contributed by atoms with Crippen LogP contribution in [0.3, 0.4) is 0 Å².